The number of amides is 1. The molecule has 0 spiro atoms. The lowest BCUT2D eigenvalue weighted by Crippen LogP contribution is -2.54. The zero-order valence-electron chi connectivity index (χ0n) is 15.5. The smallest absolute Gasteiger partial charge is 0.410 e. The predicted octanol–water partition coefficient (Wildman–Crippen LogP) is 2.72. The molecule has 6 nitrogen and oxygen atoms in total. The lowest BCUT2D eigenvalue weighted by atomic mass is 9.83. The molecule has 2 saturated heterocycles. The van der Waals surface area contributed by atoms with E-state index >= 15 is 0 Å². The van der Waals surface area contributed by atoms with Gasteiger partial charge in [-0.25, -0.2) is 4.79 Å². The van der Waals surface area contributed by atoms with Crippen LogP contribution in [0.4, 0.5) is 4.79 Å². The molecule has 24 heavy (non-hydrogen) atoms. The highest BCUT2D eigenvalue weighted by Crippen LogP contribution is 2.43. The van der Waals surface area contributed by atoms with E-state index < -0.39 is 11.2 Å². The number of methoxy groups -OCH3 is 1. The molecular formula is C18H33NO5. The molecule has 2 rings (SSSR count). The highest BCUT2D eigenvalue weighted by atomic mass is 16.6. The second-order valence-electron chi connectivity index (χ2n) is 8.11. The molecule has 2 bridgehead atoms. The van der Waals surface area contributed by atoms with Crippen LogP contribution >= 0.6 is 0 Å². The number of hydrogen-bond acceptors (Lipinski definition) is 5. The number of nitrogens with zero attached hydrogens (tertiary/aromatic N) is 1. The Morgan fingerprint density at radius 3 is 2.33 bits per heavy atom. The largest absolute Gasteiger partial charge is 0.444 e. The fourth-order valence-corrected chi connectivity index (χ4v) is 3.89. The number of carbonyl (C=O) groups excluding carboxylic acids is 1. The van der Waals surface area contributed by atoms with E-state index in [0.29, 0.717) is 32.7 Å². The van der Waals surface area contributed by atoms with Gasteiger partial charge in [0.05, 0.1) is 18.8 Å². The minimum Gasteiger partial charge on any atom is -0.444 e. The lowest BCUT2D eigenvalue weighted by molar-refractivity contribution is -0.0664. The molecule has 1 N–H and O–H groups in total. The summed E-state index contributed by atoms with van der Waals surface area (Å²) in [7, 11) is 1.65. The minimum atomic E-state index is -0.686. The molecule has 2 heterocycles. The van der Waals surface area contributed by atoms with E-state index in [1.54, 1.807) is 7.11 Å². The quantitative estimate of drug-likeness (QED) is 0.720. The second-order valence-corrected chi connectivity index (χ2v) is 8.11. The van der Waals surface area contributed by atoms with Crippen molar-refractivity contribution >= 4 is 6.09 Å². The summed E-state index contributed by atoms with van der Waals surface area (Å²) in [6, 6.07) is 0.191. The monoisotopic (exact) mass is 343 g/mol. The van der Waals surface area contributed by atoms with E-state index in [2.05, 4.69) is 0 Å². The molecule has 2 fully saturated rings. The number of hydrogen-bond donors (Lipinski definition) is 1. The van der Waals surface area contributed by atoms with Crippen LogP contribution in [0, 0.1) is 0 Å². The van der Waals surface area contributed by atoms with Crippen molar-refractivity contribution < 1.29 is 24.1 Å². The van der Waals surface area contributed by atoms with Crippen LogP contribution in [-0.4, -0.2) is 66.3 Å². The van der Waals surface area contributed by atoms with Crippen molar-refractivity contribution in [2.24, 2.45) is 0 Å². The summed E-state index contributed by atoms with van der Waals surface area (Å²) in [5.74, 6) is 0. The second kappa shape index (κ2) is 8.02. The number of rotatable bonds is 7. The van der Waals surface area contributed by atoms with Crippen LogP contribution in [0.25, 0.3) is 0 Å². The molecule has 0 aromatic rings. The lowest BCUT2D eigenvalue weighted by Gasteiger charge is -2.44. The van der Waals surface area contributed by atoms with Gasteiger partial charge >= 0.3 is 6.09 Å². The molecule has 0 saturated carbocycles. The SMILES string of the molecule is COCCOCCCC1(O)CC2CCC(C1)N2C(=O)OC(C)(C)C. The number of carbonyl (C=O) groups is 1. The molecule has 6 heteroatoms. The van der Waals surface area contributed by atoms with Crippen LogP contribution < -0.4 is 0 Å². The van der Waals surface area contributed by atoms with E-state index in [0.717, 1.165) is 25.7 Å². The van der Waals surface area contributed by atoms with Gasteiger partial charge in [0.25, 0.3) is 0 Å². The maximum atomic E-state index is 12.4. The van der Waals surface area contributed by atoms with E-state index in [-0.39, 0.29) is 18.2 Å². The van der Waals surface area contributed by atoms with Crippen LogP contribution in [0.15, 0.2) is 0 Å². The molecule has 0 radical (unpaired) electrons. The molecule has 2 atom stereocenters. The summed E-state index contributed by atoms with van der Waals surface area (Å²) in [5.41, 5.74) is -1.17. The Bertz CT molecular complexity index is 406. The van der Waals surface area contributed by atoms with Gasteiger partial charge in [0.1, 0.15) is 5.60 Å². The highest BCUT2D eigenvalue weighted by Gasteiger charge is 2.50. The van der Waals surface area contributed by atoms with Crippen molar-refractivity contribution in [1.82, 2.24) is 4.90 Å². The van der Waals surface area contributed by atoms with Gasteiger partial charge in [-0.05, 0) is 59.3 Å². The summed E-state index contributed by atoms with van der Waals surface area (Å²) in [5, 5.41) is 10.9. The first-order valence-corrected chi connectivity index (χ1v) is 9.04. The third kappa shape index (κ3) is 5.33. The summed E-state index contributed by atoms with van der Waals surface area (Å²) in [6.07, 6.45) is 4.50. The molecule has 140 valence electrons. The third-order valence-corrected chi connectivity index (χ3v) is 4.82. The van der Waals surface area contributed by atoms with E-state index in [1.807, 2.05) is 25.7 Å². The number of fused-ring (bicyclic) bond motifs is 2. The fourth-order valence-electron chi connectivity index (χ4n) is 3.89. The Kier molecular flexibility index (Phi) is 6.51. The summed E-state index contributed by atoms with van der Waals surface area (Å²) in [4.78, 5) is 14.3. The van der Waals surface area contributed by atoms with Crippen LogP contribution in [0.5, 0.6) is 0 Å². The van der Waals surface area contributed by atoms with Crippen LogP contribution in [0.3, 0.4) is 0 Å². The van der Waals surface area contributed by atoms with Crippen molar-refractivity contribution in [3.8, 4) is 0 Å². The van der Waals surface area contributed by atoms with Crippen molar-refractivity contribution in [1.29, 1.82) is 0 Å². The molecule has 2 unspecified atom stereocenters. The first-order chi connectivity index (χ1) is 11.2. The number of piperidine rings is 1. The molecule has 2 aliphatic heterocycles. The molecule has 0 aromatic heterocycles. The van der Waals surface area contributed by atoms with E-state index in [9.17, 15) is 9.90 Å². The van der Waals surface area contributed by atoms with Crippen molar-refractivity contribution in [3.05, 3.63) is 0 Å². The first kappa shape index (κ1) is 19.5. The molecule has 0 aliphatic carbocycles. The van der Waals surface area contributed by atoms with Crippen LogP contribution in [0.2, 0.25) is 0 Å². The highest BCUT2D eigenvalue weighted by molar-refractivity contribution is 5.69. The minimum absolute atomic E-state index is 0.0954. The van der Waals surface area contributed by atoms with Gasteiger partial charge in [0, 0.05) is 25.8 Å². The molecule has 0 aromatic carbocycles. The Morgan fingerprint density at radius 1 is 1.17 bits per heavy atom. The first-order valence-electron chi connectivity index (χ1n) is 9.04. The molecule has 1 amide bonds. The predicted molar refractivity (Wildman–Crippen MR) is 91.0 cm³/mol. The number of aliphatic hydroxyl groups is 1. The maximum Gasteiger partial charge on any atom is 0.410 e. The van der Waals surface area contributed by atoms with Crippen LogP contribution in [0.1, 0.15) is 59.3 Å². The standard InChI is InChI=1S/C18H33NO5/c1-17(2,3)24-16(20)19-14-6-7-15(19)13-18(21,12-14)8-5-9-23-11-10-22-4/h14-15,21H,5-13H2,1-4H3. The Morgan fingerprint density at radius 2 is 1.79 bits per heavy atom. The number of ether oxygens (including phenoxy) is 3. The molecule has 2 aliphatic rings. The van der Waals surface area contributed by atoms with Gasteiger partial charge < -0.3 is 24.2 Å². The topological polar surface area (TPSA) is 68.2 Å². The van der Waals surface area contributed by atoms with Gasteiger partial charge in [-0.1, -0.05) is 0 Å². The summed E-state index contributed by atoms with van der Waals surface area (Å²) in [6.45, 7) is 7.48. The van der Waals surface area contributed by atoms with Gasteiger partial charge in [-0.3, -0.25) is 0 Å². The Balaban J connectivity index is 1.82. The normalized spacial score (nSPS) is 29.8. The zero-order valence-corrected chi connectivity index (χ0v) is 15.5. The van der Waals surface area contributed by atoms with Gasteiger partial charge in [-0.2, -0.15) is 0 Å². The van der Waals surface area contributed by atoms with Gasteiger partial charge in [0.2, 0.25) is 0 Å². The van der Waals surface area contributed by atoms with Crippen molar-refractivity contribution in [2.75, 3.05) is 26.9 Å². The van der Waals surface area contributed by atoms with Gasteiger partial charge in [-0.15, -0.1) is 0 Å². The Labute approximate surface area is 145 Å². The Hall–Kier alpha value is -0.850. The van der Waals surface area contributed by atoms with Crippen LogP contribution in [-0.2, 0) is 14.2 Å². The summed E-state index contributed by atoms with van der Waals surface area (Å²) < 4.78 is 15.9. The van der Waals surface area contributed by atoms with Crippen molar-refractivity contribution in [2.45, 2.75) is 82.6 Å². The molecular weight excluding hydrogens is 310 g/mol. The fraction of sp³-hybridized carbons (Fsp3) is 0.944. The average molecular weight is 343 g/mol. The zero-order chi connectivity index (χ0) is 17.8. The van der Waals surface area contributed by atoms with Crippen molar-refractivity contribution in [3.63, 3.8) is 0 Å². The summed E-state index contributed by atoms with van der Waals surface area (Å²) >= 11 is 0. The van der Waals surface area contributed by atoms with E-state index in [1.165, 1.54) is 0 Å². The van der Waals surface area contributed by atoms with E-state index in [4.69, 9.17) is 14.2 Å². The van der Waals surface area contributed by atoms with Gasteiger partial charge in [0.15, 0.2) is 0 Å². The maximum absolute atomic E-state index is 12.4. The average Bonchev–Trinajstić information content (AvgIpc) is 2.74. The third-order valence-electron chi connectivity index (χ3n) is 4.82.